The van der Waals surface area contributed by atoms with Crippen molar-refractivity contribution >= 4 is 5.78 Å². The van der Waals surface area contributed by atoms with Crippen molar-refractivity contribution in [3.63, 3.8) is 0 Å². The predicted octanol–water partition coefficient (Wildman–Crippen LogP) is 2.88. The second kappa shape index (κ2) is 6.36. The van der Waals surface area contributed by atoms with Crippen LogP contribution in [0.1, 0.15) is 52.9 Å². The van der Waals surface area contributed by atoms with E-state index in [0.717, 1.165) is 51.4 Å². The van der Waals surface area contributed by atoms with Gasteiger partial charge in [0.25, 0.3) is 0 Å². The summed E-state index contributed by atoms with van der Waals surface area (Å²) < 4.78 is 5.74. The summed E-state index contributed by atoms with van der Waals surface area (Å²) in [5.74, 6) is 1.55. The molecule has 2 atom stereocenters. The Kier molecular flexibility index (Phi) is 5.02. The van der Waals surface area contributed by atoms with Gasteiger partial charge in [-0.3, -0.25) is 9.69 Å². The molecule has 1 saturated heterocycles. The van der Waals surface area contributed by atoms with Gasteiger partial charge in [-0.15, -0.1) is 0 Å². The molecule has 0 bridgehead atoms. The van der Waals surface area contributed by atoms with Crippen molar-refractivity contribution in [1.82, 2.24) is 4.90 Å². The number of nitrogens with zero attached hydrogens (tertiary/aromatic N) is 1. The zero-order valence-corrected chi connectivity index (χ0v) is 12.8. The molecule has 0 spiro atoms. The van der Waals surface area contributed by atoms with E-state index in [4.69, 9.17) is 4.74 Å². The molecule has 0 aromatic rings. The van der Waals surface area contributed by atoms with E-state index in [2.05, 4.69) is 25.7 Å². The fraction of sp³-hybridized carbons (Fsp3) is 0.938. The van der Waals surface area contributed by atoms with Gasteiger partial charge in [0.2, 0.25) is 0 Å². The maximum absolute atomic E-state index is 12.1. The van der Waals surface area contributed by atoms with Gasteiger partial charge in [0.05, 0.1) is 12.2 Å². The van der Waals surface area contributed by atoms with Crippen LogP contribution < -0.4 is 0 Å². The normalized spacial score (nSPS) is 32.5. The molecule has 1 heterocycles. The van der Waals surface area contributed by atoms with Crippen LogP contribution in [0, 0.1) is 11.8 Å². The molecule has 0 N–H and O–H groups in total. The van der Waals surface area contributed by atoms with Gasteiger partial charge < -0.3 is 4.74 Å². The van der Waals surface area contributed by atoms with Crippen molar-refractivity contribution in [1.29, 1.82) is 0 Å². The van der Waals surface area contributed by atoms with E-state index >= 15 is 0 Å². The lowest BCUT2D eigenvalue weighted by Gasteiger charge is -2.40. The topological polar surface area (TPSA) is 29.5 Å². The minimum atomic E-state index is -0.0568. The SMILES string of the molecule is CCCC1CCC(=O)C(CN2CCOC(C)(C)C2)C1. The Labute approximate surface area is 117 Å². The Morgan fingerprint density at radius 1 is 1.42 bits per heavy atom. The molecule has 0 amide bonds. The number of Topliss-reactive ketones (excluding diaryl/α,β-unsaturated/α-hetero) is 1. The number of carbonyl (C=O) groups is 1. The maximum Gasteiger partial charge on any atom is 0.137 e. The highest BCUT2D eigenvalue weighted by Crippen LogP contribution is 2.31. The second-order valence-electron chi connectivity index (χ2n) is 6.94. The fourth-order valence-corrected chi connectivity index (χ4v) is 3.63. The van der Waals surface area contributed by atoms with Gasteiger partial charge in [0.1, 0.15) is 5.78 Å². The lowest BCUT2D eigenvalue weighted by atomic mass is 9.78. The molecule has 1 aliphatic heterocycles. The van der Waals surface area contributed by atoms with Crippen LogP contribution in [0.3, 0.4) is 0 Å². The molecule has 0 aromatic heterocycles. The van der Waals surface area contributed by atoms with Crippen LogP contribution in [-0.2, 0) is 9.53 Å². The number of hydrogen-bond donors (Lipinski definition) is 0. The maximum atomic E-state index is 12.1. The van der Waals surface area contributed by atoms with Crippen LogP contribution in [-0.4, -0.2) is 42.5 Å². The van der Waals surface area contributed by atoms with Crippen LogP contribution in [0.15, 0.2) is 0 Å². The number of hydrogen-bond acceptors (Lipinski definition) is 3. The highest BCUT2D eigenvalue weighted by molar-refractivity contribution is 5.81. The fourth-order valence-electron chi connectivity index (χ4n) is 3.63. The second-order valence-corrected chi connectivity index (χ2v) is 6.94. The van der Waals surface area contributed by atoms with Gasteiger partial charge in [-0.05, 0) is 32.6 Å². The molecule has 3 nitrogen and oxygen atoms in total. The minimum absolute atomic E-state index is 0.0568. The van der Waals surface area contributed by atoms with Gasteiger partial charge >= 0.3 is 0 Å². The molecule has 2 unspecified atom stereocenters. The third-order valence-electron chi connectivity index (χ3n) is 4.55. The molecule has 2 rings (SSSR count). The number of ether oxygens (including phenoxy) is 1. The number of carbonyl (C=O) groups excluding carboxylic acids is 1. The highest BCUT2D eigenvalue weighted by Gasteiger charge is 2.33. The number of morpholine rings is 1. The van der Waals surface area contributed by atoms with Crippen molar-refractivity contribution in [2.24, 2.45) is 11.8 Å². The van der Waals surface area contributed by atoms with E-state index in [1.165, 1.54) is 12.8 Å². The van der Waals surface area contributed by atoms with Gasteiger partial charge in [0.15, 0.2) is 0 Å². The lowest BCUT2D eigenvalue weighted by molar-refractivity contribution is -0.129. The Morgan fingerprint density at radius 3 is 2.89 bits per heavy atom. The molecule has 1 aliphatic carbocycles. The van der Waals surface area contributed by atoms with Crippen molar-refractivity contribution in [3.8, 4) is 0 Å². The Morgan fingerprint density at radius 2 is 2.21 bits per heavy atom. The van der Waals surface area contributed by atoms with Crippen LogP contribution >= 0.6 is 0 Å². The molecule has 19 heavy (non-hydrogen) atoms. The smallest absolute Gasteiger partial charge is 0.137 e. The summed E-state index contributed by atoms with van der Waals surface area (Å²) in [7, 11) is 0. The molecule has 1 saturated carbocycles. The van der Waals surface area contributed by atoms with Crippen LogP contribution in [0.25, 0.3) is 0 Å². The van der Waals surface area contributed by atoms with Gasteiger partial charge in [-0.1, -0.05) is 19.8 Å². The van der Waals surface area contributed by atoms with Gasteiger partial charge in [-0.2, -0.15) is 0 Å². The van der Waals surface area contributed by atoms with Crippen molar-refractivity contribution in [2.45, 2.75) is 58.5 Å². The van der Waals surface area contributed by atoms with Gasteiger partial charge in [0, 0.05) is 32.0 Å². The van der Waals surface area contributed by atoms with Crippen molar-refractivity contribution in [2.75, 3.05) is 26.2 Å². The van der Waals surface area contributed by atoms with E-state index in [1.807, 2.05) is 0 Å². The summed E-state index contributed by atoms with van der Waals surface area (Å²) in [6.07, 6.45) is 5.58. The summed E-state index contributed by atoms with van der Waals surface area (Å²) in [5, 5.41) is 0. The largest absolute Gasteiger partial charge is 0.373 e. The Balaban J connectivity index is 1.87. The van der Waals surface area contributed by atoms with Crippen molar-refractivity contribution in [3.05, 3.63) is 0 Å². The third-order valence-corrected chi connectivity index (χ3v) is 4.55. The van der Waals surface area contributed by atoms with E-state index in [0.29, 0.717) is 5.78 Å². The molecule has 2 fully saturated rings. The summed E-state index contributed by atoms with van der Waals surface area (Å²) in [6, 6.07) is 0. The molecule has 0 radical (unpaired) electrons. The van der Waals surface area contributed by atoms with Crippen LogP contribution in [0.5, 0.6) is 0 Å². The van der Waals surface area contributed by atoms with Gasteiger partial charge in [-0.25, -0.2) is 0 Å². The Bertz CT molecular complexity index is 314. The summed E-state index contributed by atoms with van der Waals surface area (Å²) in [4.78, 5) is 14.6. The first-order valence-electron chi connectivity index (χ1n) is 7.89. The molecular weight excluding hydrogens is 238 g/mol. The molecule has 2 aliphatic rings. The molecule has 3 heteroatoms. The van der Waals surface area contributed by atoms with Crippen LogP contribution in [0.4, 0.5) is 0 Å². The quantitative estimate of drug-likeness (QED) is 0.784. The first-order valence-corrected chi connectivity index (χ1v) is 7.89. The molecule has 110 valence electrons. The molecular formula is C16H29NO2. The zero-order valence-electron chi connectivity index (χ0n) is 12.8. The van der Waals surface area contributed by atoms with E-state index in [9.17, 15) is 4.79 Å². The zero-order chi connectivity index (χ0) is 13.9. The first-order chi connectivity index (χ1) is 9.00. The standard InChI is InChI=1S/C16H29NO2/c1-4-5-13-6-7-15(18)14(10-13)11-17-8-9-19-16(2,3)12-17/h13-14H,4-12H2,1-3H3. The van der Waals surface area contributed by atoms with E-state index < -0.39 is 0 Å². The molecule has 0 aromatic carbocycles. The summed E-state index contributed by atoms with van der Waals surface area (Å²) in [5.41, 5.74) is -0.0568. The summed E-state index contributed by atoms with van der Waals surface area (Å²) in [6.45, 7) is 10.2. The summed E-state index contributed by atoms with van der Waals surface area (Å²) >= 11 is 0. The van der Waals surface area contributed by atoms with E-state index in [-0.39, 0.29) is 11.5 Å². The Hall–Kier alpha value is -0.410. The first kappa shape index (κ1) is 15.0. The third kappa shape index (κ3) is 4.28. The minimum Gasteiger partial charge on any atom is -0.373 e. The monoisotopic (exact) mass is 267 g/mol. The van der Waals surface area contributed by atoms with Crippen LogP contribution in [0.2, 0.25) is 0 Å². The lowest BCUT2D eigenvalue weighted by Crippen LogP contribution is -2.50. The average Bonchev–Trinajstić information content (AvgIpc) is 2.32. The highest BCUT2D eigenvalue weighted by atomic mass is 16.5. The predicted molar refractivity (Wildman–Crippen MR) is 77.2 cm³/mol. The average molecular weight is 267 g/mol. The van der Waals surface area contributed by atoms with Crippen molar-refractivity contribution < 1.29 is 9.53 Å². The number of ketones is 1. The number of rotatable bonds is 4. The van der Waals surface area contributed by atoms with E-state index in [1.54, 1.807) is 0 Å².